The molecule has 90 valence electrons. The van der Waals surface area contributed by atoms with Gasteiger partial charge in [0.2, 0.25) is 0 Å². The van der Waals surface area contributed by atoms with Crippen LogP contribution < -0.4 is 5.32 Å². The Bertz CT molecular complexity index is 429. The summed E-state index contributed by atoms with van der Waals surface area (Å²) in [6.07, 6.45) is 2.11. The summed E-state index contributed by atoms with van der Waals surface area (Å²) < 4.78 is 0. The van der Waals surface area contributed by atoms with Gasteiger partial charge in [0.1, 0.15) is 0 Å². The summed E-state index contributed by atoms with van der Waals surface area (Å²) in [4.78, 5) is 0. The van der Waals surface area contributed by atoms with Crippen molar-refractivity contribution in [2.75, 3.05) is 13.1 Å². The highest BCUT2D eigenvalue weighted by Crippen LogP contribution is 2.34. The summed E-state index contributed by atoms with van der Waals surface area (Å²) in [5.74, 6) is 0.677. The molecule has 17 heavy (non-hydrogen) atoms. The molecule has 1 unspecified atom stereocenters. The largest absolute Gasteiger partial charge is 0.316 e. The van der Waals surface area contributed by atoms with E-state index < -0.39 is 0 Å². The van der Waals surface area contributed by atoms with Crippen LogP contribution in [0, 0.1) is 16.7 Å². The van der Waals surface area contributed by atoms with Crippen molar-refractivity contribution in [3.05, 3.63) is 35.4 Å². The molecule has 1 aromatic carbocycles. The second kappa shape index (κ2) is 4.89. The van der Waals surface area contributed by atoms with Gasteiger partial charge in [0.05, 0.1) is 11.5 Å². The van der Waals surface area contributed by atoms with Crippen LogP contribution in [0.5, 0.6) is 0 Å². The third-order valence-corrected chi connectivity index (χ3v) is 3.58. The smallest absolute Gasteiger partial charge is 0.0684 e. The first-order valence-electron chi connectivity index (χ1n) is 6.32. The number of nitriles is 1. The maximum atomic E-state index is 8.91. The van der Waals surface area contributed by atoms with Gasteiger partial charge in [0.25, 0.3) is 0 Å². The van der Waals surface area contributed by atoms with Crippen molar-refractivity contribution in [2.45, 2.75) is 32.6 Å². The van der Waals surface area contributed by atoms with E-state index in [0.717, 1.165) is 19.5 Å². The standard InChI is InChI=1S/C15H20N2/c1-15(2,11-16)7-8-17-10-13-9-12-5-3-4-6-14(12)13/h3-6,13,17H,7-10H2,1-2H3. The molecule has 0 saturated carbocycles. The van der Waals surface area contributed by atoms with E-state index in [1.54, 1.807) is 0 Å². The first-order valence-corrected chi connectivity index (χ1v) is 6.32. The van der Waals surface area contributed by atoms with Crippen LogP contribution in [-0.4, -0.2) is 13.1 Å². The maximum absolute atomic E-state index is 8.91. The molecule has 1 atom stereocenters. The van der Waals surface area contributed by atoms with E-state index in [0.29, 0.717) is 5.92 Å². The van der Waals surface area contributed by atoms with Gasteiger partial charge in [-0.2, -0.15) is 5.26 Å². The number of nitrogens with zero attached hydrogens (tertiary/aromatic N) is 1. The van der Waals surface area contributed by atoms with Gasteiger partial charge in [-0.25, -0.2) is 0 Å². The van der Waals surface area contributed by atoms with Gasteiger partial charge < -0.3 is 5.32 Å². The molecular weight excluding hydrogens is 208 g/mol. The Kier molecular flexibility index (Phi) is 3.49. The van der Waals surface area contributed by atoms with Gasteiger partial charge in [-0.05, 0) is 44.4 Å². The van der Waals surface area contributed by atoms with Crippen LogP contribution in [0.2, 0.25) is 0 Å². The fraction of sp³-hybridized carbons (Fsp3) is 0.533. The van der Waals surface area contributed by atoms with Gasteiger partial charge >= 0.3 is 0 Å². The van der Waals surface area contributed by atoms with Gasteiger partial charge in [-0.3, -0.25) is 0 Å². The molecule has 1 aliphatic rings. The highest BCUT2D eigenvalue weighted by Gasteiger charge is 2.24. The lowest BCUT2D eigenvalue weighted by Crippen LogP contribution is -2.31. The van der Waals surface area contributed by atoms with Crippen molar-refractivity contribution in [1.29, 1.82) is 5.26 Å². The first kappa shape index (κ1) is 12.1. The van der Waals surface area contributed by atoms with Gasteiger partial charge in [-0.15, -0.1) is 0 Å². The lowest BCUT2D eigenvalue weighted by molar-refractivity contribution is 0.421. The predicted molar refractivity (Wildman–Crippen MR) is 69.8 cm³/mol. The van der Waals surface area contributed by atoms with Crippen molar-refractivity contribution in [3.63, 3.8) is 0 Å². The predicted octanol–water partition coefficient (Wildman–Crippen LogP) is 2.86. The molecule has 1 aliphatic carbocycles. The van der Waals surface area contributed by atoms with E-state index >= 15 is 0 Å². The molecular formula is C15H20N2. The van der Waals surface area contributed by atoms with E-state index in [9.17, 15) is 0 Å². The molecule has 0 fully saturated rings. The van der Waals surface area contributed by atoms with E-state index in [-0.39, 0.29) is 5.41 Å². The average molecular weight is 228 g/mol. The molecule has 2 rings (SSSR count). The number of rotatable bonds is 5. The minimum atomic E-state index is -0.204. The van der Waals surface area contributed by atoms with Crippen molar-refractivity contribution < 1.29 is 0 Å². The second-order valence-electron chi connectivity index (χ2n) is 5.55. The Morgan fingerprint density at radius 2 is 2.18 bits per heavy atom. The molecule has 0 amide bonds. The lowest BCUT2D eigenvalue weighted by Gasteiger charge is -2.30. The summed E-state index contributed by atoms with van der Waals surface area (Å²) in [5, 5.41) is 12.4. The quantitative estimate of drug-likeness (QED) is 0.787. The number of nitrogens with one attached hydrogen (secondary N) is 1. The Labute approximate surface area is 104 Å². The fourth-order valence-corrected chi connectivity index (χ4v) is 2.28. The zero-order valence-corrected chi connectivity index (χ0v) is 10.7. The highest BCUT2D eigenvalue weighted by atomic mass is 14.9. The van der Waals surface area contributed by atoms with Gasteiger partial charge in [-0.1, -0.05) is 24.3 Å². The third kappa shape index (κ3) is 2.87. The molecule has 0 bridgehead atoms. The maximum Gasteiger partial charge on any atom is 0.0684 e. The zero-order chi connectivity index (χ0) is 12.3. The molecule has 2 nitrogen and oxygen atoms in total. The van der Waals surface area contributed by atoms with E-state index in [1.165, 1.54) is 17.5 Å². The Balaban J connectivity index is 1.71. The summed E-state index contributed by atoms with van der Waals surface area (Å²) in [5.41, 5.74) is 2.79. The van der Waals surface area contributed by atoms with Crippen LogP contribution in [0.15, 0.2) is 24.3 Å². The third-order valence-electron chi connectivity index (χ3n) is 3.58. The van der Waals surface area contributed by atoms with Gasteiger partial charge in [0.15, 0.2) is 0 Å². The molecule has 2 heteroatoms. The van der Waals surface area contributed by atoms with Crippen LogP contribution in [-0.2, 0) is 6.42 Å². The van der Waals surface area contributed by atoms with Crippen LogP contribution in [0.3, 0.4) is 0 Å². The molecule has 0 heterocycles. The van der Waals surface area contributed by atoms with Crippen molar-refractivity contribution in [2.24, 2.45) is 5.41 Å². The fourth-order valence-electron chi connectivity index (χ4n) is 2.28. The van der Waals surface area contributed by atoms with Crippen LogP contribution in [0.1, 0.15) is 37.3 Å². The topological polar surface area (TPSA) is 35.8 Å². The normalized spacial score (nSPS) is 18.1. The number of hydrogen-bond donors (Lipinski definition) is 1. The van der Waals surface area contributed by atoms with Crippen LogP contribution in [0.25, 0.3) is 0 Å². The molecule has 0 aliphatic heterocycles. The minimum absolute atomic E-state index is 0.204. The number of hydrogen-bond acceptors (Lipinski definition) is 2. The molecule has 1 N–H and O–H groups in total. The van der Waals surface area contributed by atoms with Crippen molar-refractivity contribution >= 4 is 0 Å². The molecule has 1 aromatic rings. The highest BCUT2D eigenvalue weighted by molar-refractivity contribution is 5.40. The van der Waals surface area contributed by atoms with E-state index in [4.69, 9.17) is 5.26 Å². The zero-order valence-electron chi connectivity index (χ0n) is 10.7. The second-order valence-corrected chi connectivity index (χ2v) is 5.55. The van der Waals surface area contributed by atoms with E-state index in [2.05, 4.69) is 35.7 Å². The molecule has 0 radical (unpaired) electrons. The van der Waals surface area contributed by atoms with Crippen molar-refractivity contribution in [3.8, 4) is 6.07 Å². The SMILES string of the molecule is CC(C)(C#N)CCNCC1Cc2ccccc21. The number of benzene rings is 1. The average Bonchev–Trinajstić information content (AvgIpc) is 2.29. The summed E-state index contributed by atoms with van der Waals surface area (Å²) >= 11 is 0. The first-order chi connectivity index (χ1) is 8.12. The summed E-state index contributed by atoms with van der Waals surface area (Å²) in [6, 6.07) is 11.0. The summed E-state index contributed by atoms with van der Waals surface area (Å²) in [7, 11) is 0. The monoisotopic (exact) mass is 228 g/mol. The lowest BCUT2D eigenvalue weighted by atomic mass is 9.77. The van der Waals surface area contributed by atoms with Crippen molar-refractivity contribution in [1.82, 2.24) is 5.32 Å². The van der Waals surface area contributed by atoms with Crippen LogP contribution >= 0.6 is 0 Å². The van der Waals surface area contributed by atoms with Gasteiger partial charge in [0, 0.05) is 12.5 Å². The Hall–Kier alpha value is -1.33. The molecule has 0 spiro atoms. The van der Waals surface area contributed by atoms with Crippen LogP contribution in [0.4, 0.5) is 0 Å². The Morgan fingerprint density at radius 1 is 1.41 bits per heavy atom. The summed E-state index contributed by atoms with van der Waals surface area (Å²) in [6.45, 7) is 5.96. The molecule has 0 saturated heterocycles. The number of fused-ring (bicyclic) bond motifs is 1. The minimum Gasteiger partial charge on any atom is -0.316 e. The Morgan fingerprint density at radius 3 is 2.88 bits per heavy atom. The van der Waals surface area contributed by atoms with E-state index in [1.807, 2.05) is 13.8 Å². The molecule has 0 aromatic heterocycles.